The fraction of sp³-hybridized carbons (Fsp3) is 0.0500. The largest absolute Gasteiger partial charge is 0.321 e. The van der Waals surface area contributed by atoms with Crippen LogP contribution in [0.2, 0.25) is 5.02 Å². The summed E-state index contributed by atoms with van der Waals surface area (Å²) >= 11 is 7.80. The van der Waals surface area contributed by atoms with Crippen molar-refractivity contribution >= 4 is 35.0 Å². The molecule has 1 amide bonds. The Balaban J connectivity index is 1.84. The predicted octanol–water partition coefficient (Wildman–Crippen LogP) is 6.05. The van der Waals surface area contributed by atoms with E-state index in [1.165, 1.54) is 0 Å². The second-order valence-electron chi connectivity index (χ2n) is 5.35. The number of halogens is 1. The molecule has 0 fully saturated rings. The molecule has 0 aliphatic heterocycles. The highest BCUT2D eigenvalue weighted by Gasteiger charge is 2.13. The third-order valence-corrected chi connectivity index (χ3v) is 4.87. The Morgan fingerprint density at radius 1 is 0.958 bits per heavy atom. The SMILES string of the molecule is Cc1ccc(C(=O)Nc2ccccc2Sc2ccccc2)c(Cl)c1. The average molecular weight is 354 g/mol. The van der Waals surface area contributed by atoms with Crippen LogP contribution in [0.25, 0.3) is 0 Å². The van der Waals surface area contributed by atoms with Crippen LogP contribution in [0, 0.1) is 6.92 Å². The first kappa shape index (κ1) is 16.6. The molecule has 0 spiro atoms. The molecule has 1 N–H and O–H groups in total. The van der Waals surface area contributed by atoms with Crippen molar-refractivity contribution in [2.24, 2.45) is 0 Å². The molecule has 4 heteroatoms. The van der Waals surface area contributed by atoms with Gasteiger partial charge in [-0.1, -0.05) is 59.8 Å². The molecule has 3 aromatic carbocycles. The van der Waals surface area contributed by atoms with Gasteiger partial charge in [0.25, 0.3) is 5.91 Å². The van der Waals surface area contributed by atoms with Crippen molar-refractivity contribution < 1.29 is 4.79 Å². The first-order valence-electron chi connectivity index (χ1n) is 7.53. The van der Waals surface area contributed by atoms with Crippen molar-refractivity contribution in [2.45, 2.75) is 16.7 Å². The summed E-state index contributed by atoms with van der Waals surface area (Å²) in [6, 6.07) is 23.2. The standard InChI is InChI=1S/C20H16ClNOS/c1-14-11-12-16(17(21)13-14)20(23)22-18-9-5-6-10-19(18)24-15-7-3-2-4-8-15/h2-13H,1H3,(H,22,23). The van der Waals surface area contributed by atoms with Crippen LogP contribution in [0.1, 0.15) is 15.9 Å². The maximum Gasteiger partial charge on any atom is 0.257 e. The Labute approximate surface area is 150 Å². The van der Waals surface area contributed by atoms with Gasteiger partial charge in [-0.3, -0.25) is 4.79 Å². The fourth-order valence-electron chi connectivity index (χ4n) is 2.27. The number of hydrogen-bond donors (Lipinski definition) is 1. The van der Waals surface area contributed by atoms with Crippen molar-refractivity contribution in [2.75, 3.05) is 5.32 Å². The lowest BCUT2D eigenvalue weighted by molar-refractivity contribution is 0.102. The normalized spacial score (nSPS) is 10.4. The van der Waals surface area contributed by atoms with Gasteiger partial charge in [0.1, 0.15) is 0 Å². The maximum absolute atomic E-state index is 12.5. The summed E-state index contributed by atoms with van der Waals surface area (Å²) in [5.74, 6) is -0.207. The molecule has 0 atom stereocenters. The third-order valence-electron chi connectivity index (χ3n) is 3.48. The highest BCUT2D eigenvalue weighted by atomic mass is 35.5. The quantitative estimate of drug-likeness (QED) is 0.618. The summed E-state index contributed by atoms with van der Waals surface area (Å²) in [4.78, 5) is 14.7. The summed E-state index contributed by atoms with van der Waals surface area (Å²) in [6.07, 6.45) is 0. The summed E-state index contributed by atoms with van der Waals surface area (Å²) in [7, 11) is 0. The molecule has 24 heavy (non-hydrogen) atoms. The van der Waals surface area contributed by atoms with Crippen molar-refractivity contribution in [1.82, 2.24) is 0 Å². The number of nitrogens with one attached hydrogen (secondary N) is 1. The molecule has 3 aromatic rings. The van der Waals surface area contributed by atoms with Crippen molar-refractivity contribution in [3.05, 3.63) is 88.9 Å². The highest BCUT2D eigenvalue weighted by molar-refractivity contribution is 7.99. The lowest BCUT2D eigenvalue weighted by Gasteiger charge is -2.11. The first-order chi connectivity index (χ1) is 11.6. The van der Waals surface area contributed by atoms with Crippen LogP contribution in [0.4, 0.5) is 5.69 Å². The zero-order chi connectivity index (χ0) is 16.9. The van der Waals surface area contributed by atoms with E-state index in [1.807, 2.05) is 67.6 Å². The average Bonchev–Trinajstić information content (AvgIpc) is 2.57. The molecule has 0 unspecified atom stereocenters. The monoisotopic (exact) mass is 353 g/mol. The van der Waals surface area contributed by atoms with E-state index in [9.17, 15) is 4.79 Å². The molecule has 0 saturated heterocycles. The Morgan fingerprint density at radius 2 is 1.67 bits per heavy atom. The lowest BCUT2D eigenvalue weighted by Crippen LogP contribution is -2.13. The van der Waals surface area contributed by atoms with Gasteiger partial charge in [-0.2, -0.15) is 0 Å². The van der Waals surface area contributed by atoms with Gasteiger partial charge in [-0.05, 0) is 48.9 Å². The van der Waals surface area contributed by atoms with Crippen LogP contribution in [0.5, 0.6) is 0 Å². The van der Waals surface area contributed by atoms with E-state index in [0.717, 1.165) is 21.0 Å². The van der Waals surface area contributed by atoms with Crippen molar-refractivity contribution in [3.8, 4) is 0 Å². The minimum atomic E-state index is -0.207. The molecule has 0 aromatic heterocycles. The molecule has 0 saturated carbocycles. The minimum Gasteiger partial charge on any atom is -0.321 e. The minimum absolute atomic E-state index is 0.207. The molecule has 0 aliphatic rings. The summed E-state index contributed by atoms with van der Waals surface area (Å²) < 4.78 is 0. The third kappa shape index (κ3) is 3.99. The van der Waals surface area contributed by atoms with Crippen molar-refractivity contribution in [1.29, 1.82) is 0 Å². The zero-order valence-electron chi connectivity index (χ0n) is 13.1. The molecule has 3 rings (SSSR count). The van der Waals surface area contributed by atoms with Gasteiger partial charge in [-0.25, -0.2) is 0 Å². The van der Waals surface area contributed by atoms with E-state index >= 15 is 0 Å². The van der Waals surface area contributed by atoms with Crippen molar-refractivity contribution in [3.63, 3.8) is 0 Å². The molecule has 2 nitrogen and oxygen atoms in total. The number of amides is 1. The Morgan fingerprint density at radius 3 is 2.42 bits per heavy atom. The number of para-hydroxylation sites is 1. The summed E-state index contributed by atoms with van der Waals surface area (Å²) in [6.45, 7) is 1.94. The van der Waals surface area contributed by atoms with Gasteiger partial charge in [0.2, 0.25) is 0 Å². The fourth-order valence-corrected chi connectivity index (χ4v) is 3.51. The van der Waals surface area contributed by atoms with E-state index in [-0.39, 0.29) is 5.91 Å². The zero-order valence-corrected chi connectivity index (χ0v) is 14.7. The maximum atomic E-state index is 12.5. The van der Waals surface area contributed by atoms with Crippen LogP contribution < -0.4 is 5.32 Å². The second kappa shape index (κ2) is 7.56. The second-order valence-corrected chi connectivity index (χ2v) is 6.87. The number of carbonyl (C=O) groups is 1. The van der Waals surface area contributed by atoms with E-state index in [0.29, 0.717) is 10.6 Å². The molecule has 0 radical (unpaired) electrons. The van der Waals surface area contributed by atoms with E-state index in [1.54, 1.807) is 23.9 Å². The van der Waals surface area contributed by atoms with Crippen LogP contribution in [-0.4, -0.2) is 5.91 Å². The Bertz CT molecular complexity index is 865. The van der Waals surface area contributed by atoms with Crippen LogP contribution in [-0.2, 0) is 0 Å². The smallest absolute Gasteiger partial charge is 0.257 e. The number of anilines is 1. The van der Waals surface area contributed by atoms with Gasteiger partial charge in [0.05, 0.1) is 16.3 Å². The molecule has 0 bridgehead atoms. The summed E-state index contributed by atoms with van der Waals surface area (Å²) in [5, 5.41) is 3.42. The van der Waals surface area contributed by atoms with Gasteiger partial charge in [-0.15, -0.1) is 0 Å². The Kier molecular flexibility index (Phi) is 5.24. The molecular weight excluding hydrogens is 338 g/mol. The molecule has 0 aliphatic carbocycles. The predicted molar refractivity (Wildman–Crippen MR) is 101 cm³/mol. The van der Waals surface area contributed by atoms with E-state index in [4.69, 9.17) is 11.6 Å². The number of benzene rings is 3. The van der Waals surface area contributed by atoms with Gasteiger partial charge in [0.15, 0.2) is 0 Å². The van der Waals surface area contributed by atoms with Crippen LogP contribution in [0.3, 0.4) is 0 Å². The van der Waals surface area contributed by atoms with Gasteiger partial charge in [0, 0.05) is 9.79 Å². The molecular formula is C20H16ClNOS. The van der Waals surface area contributed by atoms with Crippen LogP contribution in [0.15, 0.2) is 82.6 Å². The number of aryl methyl sites for hydroxylation is 1. The number of rotatable bonds is 4. The molecule has 0 heterocycles. The van der Waals surface area contributed by atoms with Gasteiger partial charge < -0.3 is 5.32 Å². The van der Waals surface area contributed by atoms with Gasteiger partial charge >= 0.3 is 0 Å². The van der Waals surface area contributed by atoms with E-state index < -0.39 is 0 Å². The van der Waals surface area contributed by atoms with E-state index in [2.05, 4.69) is 5.32 Å². The number of carbonyl (C=O) groups excluding carboxylic acids is 1. The Hall–Kier alpha value is -2.23. The summed E-state index contributed by atoms with van der Waals surface area (Å²) in [5.41, 5.74) is 2.27. The van der Waals surface area contributed by atoms with Crippen LogP contribution >= 0.6 is 23.4 Å². The number of hydrogen-bond acceptors (Lipinski definition) is 2. The lowest BCUT2D eigenvalue weighted by atomic mass is 10.1. The first-order valence-corrected chi connectivity index (χ1v) is 8.72. The topological polar surface area (TPSA) is 29.1 Å². The highest BCUT2D eigenvalue weighted by Crippen LogP contribution is 2.33. The molecule has 120 valence electrons.